The third-order valence-electron chi connectivity index (χ3n) is 5.47. The highest BCUT2D eigenvalue weighted by Crippen LogP contribution is 2.36. The van der Waals surface area contributed by atoms with Gasteiger partial charge in [-0.25, -0.2) is 4.98 Å². The third kappa shape index (κ3) is 7.91. The van der Waals surface area contributed by atoms with Crippen LogP contribution in [0.25, 0.3) is 0 Å². The highest BCUT2D eigenvalue weighted by molar-refractivity contribution is 8.01. The first-order valence-corrected chi connectivity index (χ1v) is 13.1. The fourth-order valence-electron chi connectivity index (χ4n) is 3.33. The van der Waals surface area contributed by atoms with Gasteiger partial charge in [-0.05, 0) is 42.8 Å². The maximum absolute atomic E-state index is 12.4. The van der Waals surface area contributed by atoms with E-state index in [4.69, 9.17) is 0 Å². The van der Waals surface area contributed by atoms with Crippen molar-refractivity contribution in [2.24, 2.45) is 0 Å². The van der Waals surface area contributed by atoms with Crippen LogP contribution in [0, 0.1) is 6.92 Å². The van der Waals surface area contributed by atoms with Crippen molar-refractivity contribution >= 4 is 52.0 Å². The number of hydrogen-bond acceptors (Lipinski definition) is 8. The van der Waals surface area contributed by atoms with Crippen molar-refractivity contribution in [3.8, 4) is 0 Å². The predicted molar refractivity (Wildman–Crippen MR) is 147 cm³/mol. The Morgan fingerprint density at radius 1 is 1.14 bits per heavy atom. The van der Waals surface area contributed by atoms with Gasteiger partial charge < -0.3 is 15.1 Å². The van der Waals surface area contributed by atoms with E-state index < -0.39 is 0 Å². The van der Waals surface area contributed by atoms with Gasteiger partial charge >= 0.3 is 0 Å². The molecule has 1 aliphatic heterocycles. The molecule has 0 atom stereocenters. The van der Waals surface area contributed by atoms with Crippen LogP contribution in [0.1, 0.15) is 33.2 Å². The van der Waals surface area contributed by atoms with Gasteiger partial charge in [-0.2, -0.15) is 0 Å². The zero-order valence-electron chi connectivity index (χ0n) is 20.9. The van der Waals surface area contributed by atoms with E-state index in [0.29, 0.717) is 16.3 Å². The monoisotopic (exact) mass is 525 g/mol. The zero-order valence-corrected chi connectivity index (χ0v) is 22.5. The van der Waals surface area contributed by atoms with Crippen molar-refractivity contribution in [2.45, 2.75) is 23.0 Å². The summed E-state index contributed by atoms with van der Waals surface area (Å²) in [6.07, 6.45) is 2.57. The second-order valence-electron chi connectivity index (χ2n) is 8.38. The minimum atomic E-state index is -0.190. The number of rotatable bonds is 6. The van der Waals surface area contributed by atoms with Crippen molar-refractivity contribution in [3.63, 3.8) is 0 Å². The molecule has 2 heterocycles. The summed E-state index contributed by atoms with van der Waals surface area (Å²) in [6, 6.07) is 13.0. The highest BCUT2D eigenvalue weighted by atomic mass is 32.2. The summed E-state index contributed by atoms with van der Waals surface area (Å²) >= 11 is 2.94. The SMILES string of the molecule is CC(=O)N1CCNCC1.Cc1ccc(C=O)cc1Sc1cnc(NC(=O)c2ccc(N(C)C)cc2)s1. The van der Waals surface area contributed by atoms with Crippen LogP contribution in [-0.4, -0.2) is 68.3 Å². The molecule has 0 aliphatic carbocycles. The van der Waals surface area contributed by atoms with Crippen molar-refractivity contribution in [1.29, 1.82) is 0 Å². The Morgan fingerprint density at radius 3 is 2.42 bits per heavy atom. The Bertz CT molecular complexity index is 1190. The Balaban J connectivity index is 0.000000338. The van der Waals surface area contributed by atoms with Gasteiger partial charge in [0.15, 0.2) is 5.13 Å². The Kier molecular flexibility index (Phi) is 10.0. The van der Waals surface area contributed by atoms with E-state index in [1.54, 1.807) is 31.3 Å². The molecule has 2 amide bonds. The van der Waals surface area contributed by atoms with Gasteiger partial charge in [-0.1, -0.05) is 35.2 Å². The Morgan fingerprint density at radius 2 is 1.83 bits per heavy atom. The minimum Gasteiger partial charge on any atom is -0.378 e. The lowest BCUT2D eigenvalue weighted by atomic mass is 10.2. The van der Waals surface area contributed by atoms with Gasteiger partial charge in [0, 0.05) is 68.9 Å². The van der Waals surface area contributed by atoms with E-state index in [9.17, 15) is 14.4 Å². The number of carbonyl (C=O) groups excluding carboxylic acids is 3. The molecule has 1 aromatic heterocycles. The van der Waals surface area contributed by atoms with Crippen LogP contribution < -0.4 is 15.5 Å². The topological polar surface area (TPSA) is 94.6 Å². The average molecular weight is 526 g/mol. The maximum atomic E-state index is 12.4. The number of hydrogen-bond donors (Lipinski definition) is 2. The molecule has 1 aliphatic rings. The van der Waals surface area contributed by atoms with Gasteiger partial charge in [0.1, 0.15) is 6.29 Å². The van der Waals surface area contributed by atoms with Crippen LogP contribution in [-0.2, 0) is 4.79 Å². The molecule has 1 saturated heterocycles. The summed E-state index contributed by atoms with van der Waals surface area (Å²) in [7, 11) is 3.91. The molecule has 0 bridgehead atoms. The number of aldehydes is 1. The highest BCUT2D eigenvalue weighted by Gasteiger charge is 2.12. The quantitative estimate of drug-likeness (QED) is 0.467. The van der Waals surface area contributed by atoms with Crippen molar-refractivity contribution in [1.82, 2.24) is 15.2 Å². The lowest BCUT2D eigenvalue weighted by Crippen LogP contribution is -2.45. The fraction of sp³-hybridized carbons (Fsp3) is 0.308. The first-order valence-electron chi connectivity index (χ1n) is 11.5. The van der Waals surface area contributed by atoms with Crippen molar-refractivity contribution in [3.05, 3.63) is 65.4 Å². The Labute approximate surface area is 220 Å². The van der Waals surface area contributed by atoms with Gasteiger partial charge in [-0.15, -0.1) is 0 Å². The summed E-state index contributed by atoms with van der Waals surface area (Å²) in [6.45, 7) is 7.24. The summed E-state index contributed by atoms with van der Waals surface area (Å²) in [4.78, 5) is 43.2. The minimum absolute atomic E-state index is 0.190. The molecule has 0 spiro atoms. The molecular formula is C26H31N5O3S2. The number of carbonyl (C=O) groups is 3. The largest absolute Gasteiger partial charge is 0.378 e. The smallest absolute Gasteiger partial charge is 0.257 e. The van der Waals surface area contributed by atoms with Crippen LogP contribution in [0.2, 0.25) is 0 Å². The van der Waals surface area contributed by atoms with Gasteiger partial charge in [0.05, 0.1) is 10.4 Å². The molecule has 3 aromatic rings. The van der Waals surface area contributed by atoms with Crippen LogP contribution >= 0.6 is 23.1 Å². The number of piperazine rings is 1. The summed E-state index contributed by atoms with van der Waals surface area (Å²) in [5, 5.41) is 6.56. The summed E-state index contributed by atoms with van der Waals surface area (Å²) in [5.74, 6) is 0.00170. The number of anilines is 2. The number of nitrogens with one attached hydrogen (secondary N) is 2. The predicted octanol–water partition coefficient (Wildman–Crippen LogP) is 4.17. The number of thiazole rings is 1. The normalized spacial score (nSPS) is 12.8. The van der Waals surface area contributed by atoms with Gasteiger partial charge in [0.2, 0.25) is 5.91 Å². The first-order chi connectivity index (χ1) is 17.3. The van der Waals surface area contributed by atoms with E-state index in [1.807, 2.05) is 55.1 Å². The fourth-order valence-corrected chi connectivity index (χ4v) is 5.30. The molecule has 2 N–H and O–H groups in total. The zero-order chi connectivity index (χ0) is 26.1. The van der Waals surface area contributed by atoms with E-state index in [2.05, 4.69) is 15.6 Å². The third-order valence-corrected chi connectivity index (χ3v) is 7.65. The molecule has 0 saturated carbocycles. The standard InChI is InChI=1S/C20H19N3O2S2.C6H12N2O/c1-13-4-5-14(12-24)10-17(13)26-18-11-21-20(27-18)22-19(25)15-6-8-16(9-7-15)23(2)3;1-6(9)8-4-2-7-3-5-8/h4-12H,1-3H3,(H,21,22,25);7H,2-5H2,1H3. The van der Waals surface area contributed by atoms with Crippen molar-refractivity contribution < 1.29 is 14.4 Å². The first kappa shape index (κ1) is 27.4. The average Bonchev–Trinajstić information content (AvgIpc) is 3.32. The molecule has 0 radical (unpaired) electrons. The van der Waals surface area contributed by atoms with E-state index >= 15 is 0 Å². The van der Waals surface area contributed by atoms with E-state index in [-0.39, 0.29) is 11.8 Å². The van der Waals surface area contributed by atoms with Crippen LogP contribution in [0.3, 0.4) is 0 Å². The maximum Gasteiger partial charge on any atom is 0.257 e. The molecule has 1 fully saturated rings. The number of aryl methyl sites for hydroxylation is 1. The molecule has 4 rings (SSSR count). The lowest BCUT2D eigenvalue weighted by Gasteiger charge is -2.25. The lowest BCUT2D eigenvalue weighted by molar-refractivity contribution is -0.129. The molecule has 2 aromatic carbocycles. The Hall–Kier alpha value is -3.21. The van der Waals surface area contributed by atoms with E-state index in [1.165, 1.54) is 23.1 Å². The molecule has 190 valence electrons. The summed E-state index contributed by atoms with van der Waals surface area (Å²) in [5.41, 5.74) is 3.35. The summed E-state index contributed by atoms with van der Waals surface area (Å²) < 4.78 is 0.944. The number of benzene rings is 2. The second-order valence-corrected chi connectivity index (χ2v) is 10.8. The van der Waals surface area contributed by atoms with Gasteiger partial charge in [0.25, 0.3) is 5.91 Å². The van der Waals surface area contributed by atoms with Gasteiger partial charge in [-0.3, -0.25) is 19.7 Å². The van der Waals surface area contributed by atoms with Crippen LogP contribution in [0.5, 0.6) is 0 Å². The second kappa shape index (κ2) is 13.2. The molecule has 8 nitrogen and oxygen atoms in total. The molecular weight excluding hydrogens is 494 g/mol. The molecule has 36 heavy (non-hydrogen) atoms. The number of nitrogens with zero attached hydrogens (tertiary/aromatic N) is 3. The van der Waals surface area contributed by atoms with Crippen LogP contribution in [0.4, 0.5) is 10.8 Å². The molecule has 0 unspecified atom stereocenters. The van der Waals surface area contributed by atoms with Crippen LogP contribution in [0.15, 0.2) is 57.8 Å². The number of aromatic nitrogens is 1. The number of amides is 2. The van der Waals surface area contributed by atoms with E-state index in [0.717, 1.165) is 52.8 Å². The molecule has 10 heteroatoms. The van der Waals surface area contributed by atoms with Crippen molar-refractivity contribution in [2.75, 3.05) is 50.5 Å².